The molecule has 0 bridgehead atoms. The SMILES string of the molecule is CNCCN1C[C@H](COc2cccc(CN3CC(O)C3)c2)CC[C@@H]1C. The molecule has 1 aromatic rings. The van der Waals surface area contributed by atoms with Crippen molar-refractivity contribution in [1.82, 2.24) is 15.1 Å². The summed E-state index contributed by atoms with van der Waals surface area (Å²) in [6, 6.07) is 9.09. The van der Waals surface area contributed by atoms with Gasteiger partial charge in [0, 0.05) is 51.2 Å². The van der Waals surface area contributed by atoms with Gasteiger partial charge in [-0.2, -0.15) is 0 Å². The molecule has 2 N–H and O–H groups in total. The number of β-amino-alcohol motifs (C(OH)–C–C–N with tert-alkyl or cyclic N) is 1. The summed E-state index contributed by atoms with van der Waals surface area (Å²) in [7, 11) is 2.02. The first-order valence-corrected chi connectivity index (χ1v) is 9.65. The standard InChI is InChI=1S/C20H33N3O2/c1-16-6-7-18(12-23(16)9-8-21-2)15-25-20-5-3-4-17(10-20)11-22-13-19(24)14-22/h3-5,10,16,18-19,21,24H,6-9,11-15H2,1-2H3/t16-,18+/m0/s1. The minimum Gasteiger partial charge on any atom is -0.493 e. The third-order valence-corrected chi connectivity index (χ3v) is 5.49. The Balaban J connectivity index is 1.46. The molecule has 0 saturated carbocycles. The molecule has 2 atom stereocenters. The Morgan fingerprint density at radius 2 is 2.08 bits per heavy atom. The van der Waals surface area contributed by atoms with Crippen molar-refractivity contribution in [1.29, 1.82) is 0 Å². The number of aliphatic hydroxyl groups is 1. The van der Waals surface area contributed by atoms with Crippen LogP contribution in [0.1, 0.15) is 25.3 Å². The minimum atomic E-state index is -0.140. The Kier molecular flexibility index (Phi) is 6.70. The van der Waals surface area contributed by atoms with Gasteiger partial charge in [0.25, 0.3) is 0 Å². The van der Waals surface area contributed by atoms with E-state index in [1.807, 2.05) is 7.05 Å². The van der Waals surface area contributed by atoms with Gasteiger partial charge in [-0.15, -0.1) is 0 Å². The van der Waals surface area contributed by atoms with E-state index in [1.54, 1.807) is 0 Å². The fourth-order valence-electron chi connectivity index (χ4n) is 3.84. The Morgan fingerprint density at radius 1 is 1.24 bits per heavy atom. The summed E-state index contributed by atoms with van der Waals surface area (Å²) in [4.78, 5) is 4.84. The van der Waals surface area contributed by atoms with Crippen LogP contribution in [-0.4, -0.2) is 73.4 Å². The van der Waals surface area contributed by atoms with Crippen LogP contribution < -0.4 is 10.1 Å². The van der Waals surface area contributed by atoms with E-state index >= 15 is 0 Å². The Bertz CT molecular complexity index is 533. The second-order valence-corrected chi connectivity index (χ2v) is 7.70. The number of likely N-dealkylation sites (tertiary alicyclic amines) is 2. The molecule has 0 spiro atoms. The molecule has 2 fully saturated rings. The maximum Gasteiger partial charge on any atom is 0.119 e. The van der Waals surface area contributed by atoms with Crippen molar-refractivity contribution >= 4 is 0 Å². The number of ether oxygens (including phenoxy) is 1. The summed E-state index contributed by atoms with van der Waals surface area (Å²) < 4.78 is 6.12. The molecule has 0 unspecified atom stereocenters. The molecule has 0 aliphatic carbocycles. The van der Waals surface area contributed by atoms with Gasteiger partial charge >= 0.3 is 0 Å². The van der Waals surface area contributed by atoms with E-state index in [9.17, 15) is 5.11 Å². The zero-order valence-corrected chi connectivity index (χ0v) is 15.7. The van der Waals surface area contributed by atoms with Gasteiger partial charge in [-0.25, -0.2) is 0 Å². The monoisotopic (exact) mass is 347 g/mol. The normalized spacial score (nSPS) is 25.7. The summed E-state index contributed by atoms with van der Waals surface area (Å²) in [5, 5.41) is 12.6. The number of hydrogen-bond donors (Lipinski definition) is 2. The summed E-state index contributed by atoms with van der Waals surface area (Å²) >= 11 is 0. The molecule has 2 aliphatic heterocycles. The predicted molar refractivity (Wildman–Crippen MR) is 101 cm³/mol. The Morgan fingerprint density at radius 3 is 2.84 bits per heavy atom. The summed E-state index contributed by atoms with van der Waals surface area (Å²) in [6.07, 6.45) is 2.37. The van der Waals surface area contributed by atoms with E-state index in [2.05, 4.69) is 46.3 Å². The van der Waals surface area contributed by atoms with E-state index in [1.165, 1.54) is 18.4 Å². The quantitative estimate of drug-likeness (QED) is 0.747. The first kappa shape index (κ1) is 18.6. The van der Waals surface area contributed by atoms with Gasteiger partial charge < -0.3 is 15.2 Å². The van der Waals surface area contributed by atoms with E-state index in [-0.39, 0.29) is 6.10 Å². The topological polar surface area (TPSA) is 48.0 Å². The van der Waals surface area contributed by atoms with Gasteiger partial charge in [0.2, 0.25) is 0 Å². The maximum absolute atomic E-state index is 9.40. The average Bonchev–Trinajstić information content (AvgIpc) is 2.59. The molecule has 2 heterocycles. The lowest BCUT2D eigenvalue weighted by Gasteiger charge is -2.38. The van der Waals surface area contributed by atoms with Crippen LogP contribution in [0.3, 0.4) is 0 Å². The molecule has 2 saturated heterocycles. The van der Waals surface area contributed by atoms with Crippen LogP contribution in [0.4, 0.5) is 0 Å². The summed E-state index contributed by atoms with van der Waals surface area (Å²) in [5.74, 6) is 1.58. The van der Waals surface area contributed by atoms with Crippen molar-refractivity contribution in [3.05, 3.63) is 29.8 Å². The number of likely N-dealkylation sites (N-methyl/N-ethyl adjacent to an activating group) is 1. The third-order valence-electron chi connectivity index (χ3n) is 5.49. The van der Waals surface area contributed by atoms with Gasteiger partial charge in [0.05, 0.1) is 12.7 Å². The van der Waals surface area contributed by atoms with Crippen molar-refractivity contribution < 1.29 is 9.84 Å². The minimum absolute atomic E-state index is 0.140. The molecule has 1 aromatic carbocycles. The number of nitrogens with one attached hydrogen (secondary N) is 1. The molecule has 0 radical (unpaired) electrons. The number of benzene rings is 1. The Labute approximate surface area is 152 Å². The number of piperidine rings is 1. The van der Waals surface area contributed by atoms with Crippen molar-refractivity contribution in [2.24, 2.45) is 5.92 Å². The first-order chi connectivity index (χ1) is 12.1. The van der Waals surface area contributed by atoms with Crippen LogP contribution in [0.15, 0.2) is 24.3 Å². The zero-order chi connectivity index (χ0) is 17.6. The van der Waals surface area contributed by atoms with Gasteiger partial charge in [-0.3, -0.25) is 9.80 Å². The van der Waals surface area contributed by atoms with Crippen molar-refractivity contribution in [2.75, 3.05) is 46.4 Å². The molecular weight excluding hydrogens is 314 g/mol. The predicted octanol–water partition coefficient (Wildman–Crippen LogP) is 1.56. The second-order valence-electron chi connectivity index (χ2n) is 7.70. The molecule has 5 nitrogen and oxygen atoms in total. The fraction of sp³-hybridized carbons (Fsp3) is 0.700. The molecule has 140 valence electrons. The third kappa shape index (κ3) is 5.42. The zero-order valence-electron chi connectivity index (χ0n) is 15.7. The lowest BCUT2D eigenvalue weighted by molar-refractivity contribution is -0.00289. The Hall–Kier alpha value is -1.14. The highest BCUT2D eigenvalue weighted by Gasteiger charge is 2.26. The van der Waals surface area contributed by atoms with Gasteiger partial charge in [0.1, 0.15) is 5.75 Å². The molecule has 2 aliphatic rings. The number of rotatable bonds is 8. The van der Waals surface area contributed by atoms with E-state index in [0.29, 0.717) is 12.0 Å². The van der Waals surface area contributed by atoms with Crippen molar-refractivity contribution in [3.63, 3.8) is 0 Å². The smallest absolute Gasteiger partial charge is 0.119 e. The highest BCUT2D eigenvalue weighted by Crippen LogP contribution is 2.23. The van der Waals surface area contributed by atoms with Crippen molar-refractivity contribution in [2.45, 2.75) is 38.5 Å². The maximum atomic E-state index is 9.40. The first-order valence-electron chi connectivity index (χ1n) is 9.65. The molecule has 0 amide bonds. The van der Waals surface area contributed by atoms with Gasteiger partial charge in [-0.1, -0.05) is 12.1 Å². The van der Waals surface area contributed by atoms with Crippen LogP contribution in [0, 0.1) is 5.92 Å². The average molecular weight is 348 g/mol. The number of aliphatic hydroxyl groups excluding tert-OH is 1. The summed E-state index contributed by atoms with van der Waals surface area (Å²) in [6.45, 7) is 8.90. The van der Waals surface area contributed by atoms with Crippen molar-refractivity contribution in [3.8, 4) is 5.75 Å². The lowest BCUT2D eigenvalue weighted by Crippen LogP contribution is -2.49. The van der Waals surface area contributed by atoms with E-state index < -0.39 is 0 Å². The summed E-state index contributed by atoms with van der Waals surface area (Å²) in [5.41, 5.74) is 1.26. The fourth-order valence-corrected chi connectivity index (χ4v) is 3.84. The highest BCUT2D eigenvalue weighted by atomic mass is 16.5. The van der Waals surface area contributed by atoms with Crippen LogP contribution in [0.5, 0.6) is 5.75 Å². The van der Waals surface area contributed by atoms with Crippen LogP contribution in [-0.2, 0) is 6.54 Å². The van der Waals surface area contributed by atoms with Crippen LogP contribution >= 0.6 is 0 Å². The largest absolute Gasteiger partial charge is 0.493 e. The molecule has 5 heteroatoms. The lowest BCUT2D eigenvalue weighted by atomic mass is 9.94. The van der Waals surface area contributed by atoms with E-state index in [4.69, 9.17) is 4.74 Å². The number of hydrogen-bond acceptors (Lipinski definition) is 5. The molecule has 3 rings (SSSR count). The second kappa shape index (κ2) is 8.99. The molecule has 25 heavy (non-hydrogen) atoms. The molecule has 0 aromatic heterocycles. The van der Waals surface area contributed by atoms with Crippen LogP contribution in [0.2, 0.25) is 0 Å². The van der Waals surface area contributed by atoms with Gasteiger partial charge in [-0.05, 0) is 44.5 Å². The number of nitrogens with zero attached hydrogens (tertiary/aromatic N) is 2. The highest BCUT2D eigenvalue weighted by molar-refractivity contribution is 5.28. The molecular formula is C20H33N3O2. The van der Waals surface area contributed by atoms with Crippen LogP contribution in [0.25, 0.3) is 0 Å². The van der Waals surface area contributed by atoms with Gasteiger partial charge in [0.15, 0.2) is 0 Å². The van der Waals surface area contributed by atoms with E-state index in [0.717, 1.165) is 51.6 Å².